The Hall–Kier alpha value is -2.16. The molecule has 0 heterocycles. The smallest absolute Gasteiger partial charge is 0.313 e. The molecule has 0 aliphatic carbocycles. The fourth-order valence-electron chi connectivity index (χ4n) is 3.70. The average molecular weight is 609 g/mol. The summed E-state index contributed by atoms with van der Waals surface area (Å²) in [6.45, 7) is 9.55. The van der Waals surface area contributed by atoms with E-state index in [1.54, 1.807) is 36.4 Å². The number of hydrogen-bond donors (Lipinski definition) is 0. The summed E-state index contributed by atoms with van der Waals surface area (Å²) in [5.41, 5.74) is 5.20. The van der Waals surface area contributed by atoms with Gasteiger partial charge in [0.1, 0.15) is 5.75 Å². The van der Waals surface area contributed by atoms with Gasteiger partial charge in [0, 0.05) is 15.5 Å². The van der Waals surface area contributed by atoms with E-state index < -0.39 is 16.0 Å². The molecule has 0 spiro atoms. The molecule has 0 saturated heterocycles. The van der Waals surface area contributed by atoms with Crippen molar-refractivity contribution >= 4 is 53.5 Å². The number of benzene rings is 3. The Balaban J connectivity index is 1.91. The maximum absolute atomic E-state index is 13.6. The SMILES string of the molecule is Cc1cc(C)cc(N(CCC(=O)Oc2cc(C)c(Br)c(C)c2C)S(=O)(=O)c2ccc(Br)cc2)c1. The van der Waals surface area contributed by atoms with E-state index in [1.165, 1.54) is 4.31 Å². The van der Waals surface area contributed by atoms with Gasteiger partial charge < -0.3 is 4.74 Å². The van der Waals surface area contributed by atoms with Gasteiger partial charge in [0.2, 0.25) is 0 Å². The van der Waals surface area contributed by atoms with Gasteiger partial charge in [0.05, 0.1) is 17.0 Å². The third kappa shape index (κ3) is 5.90. The highest BCUT2D eigenvalue weighted by molar-refractivity contribution is 9.10. The Morgan fingerprint density at radius 1 is 0.882 bits per heavy atom. The van der Waals surface area contributed by atoms with E-state index in [-0.39, 0.29) is 17.9 Å². The van der Waals surface area contributed by atoms with E-state index in [2.05, 4.69) is 31.9 Å². The van der Waals surface area contributed by atoms with Crippen molar-refractivity contribution in [2.24, 2.45) is 0 Å². The molecule has 0 saturated carbocycles. The quantitative estimate of drug-likeness (QED) is 0.215. The van der Waals surface area contributed by atoms with E-state index >= 15 is 0 Å². The predicted molar refractivity (Wildman–Crippen MR) is 143 cm³/mol. The molecule has 0 unspecified atom stereocenters. The molecule has 8 heteroatoms. The first kappa shape index (κ1) is 26.4. The van der Waals surface area contributed by atoms with Crippen molar-refractivity contribution in [3.05, 3.63) is 85.3 Å². The van der Waals surface area contributed by atoms with Gasteiger partial charge in [0.15, 0.2) is 0 Å². The second-order valence-corrected chi connectivity index (χ2v) is 11.9. The fraction of sp³-hybridized carbons (Fsp3) is 0.269. The number of aryl methyl sites for hydroxylation is 3. The van der Waals surface area contributed by atoms with Crippen LogP contribution in [0.1, 0.15) is 34.2 Å². The highest BCUT2D eigenvalue weighted by Crippen LogP contribution is 2.32. The van der Waals surface area contributed by atoms with Crippen LogP contribution in [0.2, 0.25) is 0 Å². The summed E-state index contributed by atoms with van der Waals surface area (Å²) in [4.78, 5) is 12.9. The van der Waals surface area contributed by atoms with Crippen LogP contribution in [0.25, 0.3) is 0 Å². The van der Waals surface area contributed by atoms with Gasteiger partial charge in [-0.1, -0.05) is 37.9 Å². The summed E-state index contributed by atoms with van der Waals surface area (Å²) in [6, 6.07) is 13.9. The molecule has 5 nitrogen and oxygen atoms in total. The van der Waals surface area contributed by atoms with Gasteiger partial charge >= 0.3 is 5.97 Å². The van der Waals surface area contributed by atoms with Crippen LogP contribution in [0.5, 0.6) is 5.75 Å². The lowest BCUT2D eigenvalue weighted by Gasteiger charge is -2.25. The largest absolute Gasteiger partial charge is 0.426 e. The third-order valence-electron chi connectivity index (χ3n) is 5.59. The first-order valence-electron chi connectivity index (χ1n) is 10.7. The number of sulfonamides is 1. The molecule has 0 aliphatic heterocycles. The van der Waals surface area contributed by atoms with Crippen molar-refractivity contribution < 1.29 is 17.9 Å². The van der Waals surface area contributed by atoms with Crippen molar-refractivity contribution in [2.45, 2.75) is 45.9 Å². The summed E-state index contributed by atoms with van der Waals surface area (Å²) < 4.78 is 35.8. The number of rotatable bonds is 7. The molecule has 3 aromatic rings. The molecule has 3 aromatic carbocycles. The summed E-state index contributed by atoms with van der Waals surface area (Å²) in [7, 11) is -3.90. The van der Waals surface area contributed by atoms with Crippen molar-refractivity contribution in [1.29, 1.82) is 0 Å². The number of hydrogen-bond acceptors (Lipinski definition) is 4. The van der Waals surface area contributed by atoms with Crippen LogP contribution in [0.4, 0.5) is 5.69 Å². The fourth-order valence-corrected chi connectivity index (χ4v) is 5.83. The van der Waals surface area contributed by atoms with Gasteiger partial charge in [-0.3, -0.25) is 9.10 Å². The van der Waals surface area contributed by atoms with Crippen LogP contribution < -0.4 is 9.04 Å². The number of halogens is 2. The standard InChI is InChI=1S/C26H27Br2NO4S/c1-16-12-17(2)14-22(13-16)29(34(31,32)23-8-6-21(27)7-9-23)11-10-25(30)33-24-15-18(3)26(28)20(5)19(24)4/h6-9,12-15H,10-11H2,1-5H3. The van der Waals surface area contributed by atoms with E-state index in [9.17, 15) is 13.2 Å². The molecular weight excluding hydrogens is 582 g/mol. The van der Waals surface area contributed by atoms with Gasteiger partial charge in [-0.15, -0.1) is 0 Å². The monoisotopic (exact) mass is 607 g/mol. The number of nitrogens with zero attached hydrogens (tertiary/aromatic N) is 1. The zero-order valence-corrected chi connectivity index (χ0v) is 23.8. The van der Waals surface area contributed by atoms with Crippen LogP contribution in [-0.4, -0.2) is 20.9 Å². The predicted octanol–water partition coefficient (Wildman–Crippen LogP) is 6.94. The van der Waals surface area contributed by atoms with Crippen LogP contribution in [0.3, 0.4) is 0 Å². The minimum atomic E-state index is -3.90. The molecule has 0 atom stereocenters. The molecule has 3 rings (SSSR count). The molecule has 0 aromatic heterocycles. The minimum absolute atomic E-state index is 0.0480. The lowest BCUT2D eigenvalue weighted by molar-refractivity contribution is -0.134. The van der Waals surface area contributed by atoms with E-state index in [1.807, 2.05) is 46.8 Å². The first-order chi connectivity index (χ1) is 15.9. The lowest BCUT2D eigenvalue weighted by Crippen LogP contribution is -2.34. The van der Waals surface area contributed by atoms with Crippen molar-refractivity contribution in [3.63, 3.8) is 0 Å². The highest BCUT2D eigenvalue weighted by atomic mass is 79.9. The van der Waals surface area contributed by atoms with Crippen LogP contribution in [-0.2, 0) is 14.8 Å². The van der Waals surface area contributed by atoms with Crippen molar-refractivity contribution in [3.8, 4) is 5.75 Å². The molecule has 0 bridgehead atoms. The normalized spacial score (nSPS) is 11.4. The van der Waals surface area contributed by atoms with Crippen LogP contribution in [0.15, 0.2) is 62.4 Å². The Labute approximate surface area is 218 Å². The molecule has 0 radical (unpaired) electrons. The number of esters is 1. The third-order valence-corrected chi connectivity index (χ3v) is 9.18. The van der Waals surface area contributed by atoms with Gasteiger partial charge in [-0.05, 0) is 105 Å². The number of carbonyl (C=O) groups is 1. The Morgan fingerprint density at radius 2 is 1.47 bits per heavy atom. The summed E-state index contributed by atoms with van der Waals surface area (Å²) in [5, 5.41) is 0. The number of anilines is 1. The molecule has 0 amide bonds. The Morgan fingerprint density at radius 3 is 2.06 bits per heavy atom. The van der Waals surface area contributed by atoms with E-state index in [0.717, 1.165) is 36.8 Å². The molecule has 0 fully saturated rings. The summed E-state index contributed by atoms with van der Waals surface area (Å²) in [5.74, 6) is -0.0125. The zero-order chi connectivity index (χ0) is 25.2. The number of ether oxygens (including phenoxy) is 1. The first-order valence-corrected chi connectivity index (χ1v) is 13.8. The van der Waals surface area contributed by atoms with Crippen molar-refractivity contribution in [1.82, 2.24) is 0 Å². The van der Waals surface area contributed by atoms with E-state index in [0.29, 0.717) is 11.4 Å². The topological polar surface area (TPSA) is 63.7 Å². The van der Waals surface area contributed by atoms with Gasteiger partial charge in [0.25, 0.3) is 10.0 Å². The molecular formula is C26H27Br2NO4S. The molecule has 34 heavy (non-hydrogen) atoms. The van der Waals surface area contributed by atoms with E-state index in [4.69, 9.17) is 4.74 Å². The maximum atomic E-state index is 13.6. The average Bonchev–Trinajstić information content (AvgIpc) is 2.75. The second kappa shape index (κ2) is 10.6. The maximum Gasteiger partial charge on any atom is 0.313 e. The Kier molecular flexibility index (Phi) is 8.26. The van der Waals surface area contributed by atoms with Crippen LogP contribution >= 0.6 is 31.9 Å². The Bertz CT molecular complexity index is 1320. The minimum Gasteiger partial charge on any atom is -0.426 e. The van der Waals surface area contributed by atoms with Crippen molar-refractivity contribution in [2.75, 3.05) is 10.8 Å². The van der Waals surface area contributed by atoms with Crippen LogP contribution in [0, 0.1) is 34.6 Å². The summed E-state index contributed by atoms with van der Waals surface area (Å²) >= 11 is 6.89. The van der Waals surface area contributed by atoms with Gasteiger partial charge in [-0.2, -0.15) is 0 Å². The molecule has 0 N–H and O–H groups in total. The highest BCUT2D eigenvalue weighted by Gasteiger charge is 2.26. The molecule has 180 valence electrons. The lowest BCUT2D eigenvalue weighted by atomic mass is 10.1. The molecule has 0 aliphatic rings. The number of carbonyl (C=O) groups excluding carboxylic acids is 1. The zero-order valence-electron chi connectivity index (χ0n) is 19.8. The second-order valence-electron chi connectivity index (χ2n) is 8.36. The summed E-state index contributed by atoms with van der Waals surface area (Å²) in [6.07, 6.45) is -0.101. The van der Waals surface area contributed by atoms with Gasteiger partial charge in [-0.25, -0.2) is 8.42 Å².